The predicted octanol–water partition coefficient (Wildman–Crippen LogP) is 4.60. The zero-order chi connectivity index (χ0) is 13.6. The van der Waals surface area contributed by atoms with Crippen molar-refractivity contribution < 1.29 is 13.2 Å². The summed E-state index contributed by atoms with van der Waals surface area (Å²) in [5.74, 6) is -2.88. The van der Waals surface area contributed by atoms with E-state index >= 15 is 0 Å². The summed E-state index contributed by atoms with van der Waals surface area (Å²) in [4.78, 5) is 0. The van der Waals surface area contributed by atoms with Gasteiger partial charge in [0.05, 0.1) is 0 Å². The Hall–Kier alpha value is -2.03. The summed E-state index contributed by atoms with van der Waals surface area (Å²) in [5.41, 5.74) is 2.63. The lowest BCUT2D eigenvalue weighted by atomic mass is 9.93. The monoisotopic (exact) mass is 259 g/mol. The fourth-order valence-electron chi connectivity index (χ4n) is 2.39. The van der Waals surface area contributed by atoms with Gasteiger partial charge >= 0.3 is 0 Å². The van der Waals surface area contributed by atoms with Crippen LogP contribution < -0.4 is 0 Å². The van der Waals surface area contributed by atoms with Gasteiger partial charge in [0, 0.05) is 11.5 Å². The third-order valence-electron chi connectivity index (χ3n) is 3.39. The van der Waals surface area contributed by atoms with Crippen molar-refractivity contribution in [1.82, 2.24) is 0 Å². The van der Waals surface area contributed by atoms with E-state index in [0.717, 1.165) is 23.1 Å². The Morgan fingerprint density at radius 3 is 2.26 bits per heavy atom. The second kappa shape index (κ2) is 4.26. The van der Waals surface area contributed by atoms with E-state index in [0.29, 0.717) is 5.57 Å². The highest BCUT2D eigenvalue weighted by atomic mass is 19.2. The van der Waals surface area contributed by atoms with E-state index in [1.54, 1.807) is 6.08 Å². The maximum Gasteiger partial charge on any atom is 0.195 e. The molecule has 0 bridgehead atoms. The molecule has 3 rings (SSSR count). The van der Waals surface area contributed by atoms with Crippen LogP contribution in [0.25, 0.3) is 11.6 Å². The van der Waals surface area contributed by atoms with Gasteiger partial charge < -0.3 is 0 Å². The Kier molecular flexibility index (Phi) is 2.70. The minimum absolute atomic E-state index is 0.0904. The van der Waals surface area contributed by atoms with E-state index in [9.17, 15) is 13.2 Å². The zero-order valence-corrected chi connectivity index (χ0v) is 10.2. The number of hydrogen-bond donors (Lipinski definition) is 0. The minimum atomic E-state index is -1.43. The van der Waals surface area contributed by atoms with Crippen molar-refractivity contribution in [2.24, 2.45) is 0 Å². The Bertz CT molecular complexity index is 686. The van der Waals surface area contributed by atoms with Gasteiger partial charge in [-0.2, -0.15) is 0 Å². The molecule has 0 N–H and O–H groups in total. The van der Waals surface area contributed by atoms with E-state index in [1.807, 2.05) is 31.2 Å². The average molecular weight is 259 g/mol. The van der Waals surface area contributed by atoms with E-state index < -0.39 is 17.5 Å². The quantitative estimate of drug-likeness (QED) is 0.656. The van der Waals surface area contributed by atoms with Gasteiger partial charge in [0.15, 0.2) is 17.5 Å². The standard InChI is InChI=1S/C16H10F3/c1-9-11-5-3-2-4-10(11)8-13(9)12-6-7-14(17)16(19)15(12)18/h2-8H,1H3. The van der Waals surface area contributed by atoms with Crippen LogP contribution in [0, 0.1) is 23.4 Å². The van der Waals surface area contributed by atoms with E-state index in [1.165, 1.54) is 6.07 Å². The summed E-state index contributed by atoms with van der Waals surface area (Å²) in [6.07, 6.45) is 1.79. The van der Waals surface area contributed by atoms with Gasteiger partial charge in [-0.3, -0.25) is 0 Å². The number of halogens is 3. The molecular weight excluding hydrogens is 249 g/mol. The molecule has 0 heterocycles. The molecule has 3 heteroatoms. The third-order valence-corrected chi connectivity index (χ3v) is 3.39. The fraction of sp³-hybridized carbons (Fsp3) is 0.0625. The smallest absolute Gasteiger partial charge is 0.195 e. The molecule has 0 aliphatic heterocycles. The van der Waals surface area contributed by atoms with Crippen LogP contribution in [0.3, 0.4) is 0 Å². The van der Waals surface area contributed by atoms with E-state index in [2.05, 4.69) is 0 Å². The number of fused-ring (bicyclic) bond motifs is 1. The van der Waals surface area contributed by atoms with E-state index in [4.69, 9.17) is 0 Å². The second-order valence-corrected chi connectivity index (χ2v) is 4.49. The molecule has 0 saturated heterocycles. The minimum Gasteiger partial charge on any atom is -0.204 e. The van der Waals surface area contributed by atoms with Crippen LogP contribution >= 0.6 is 0 Å². The molecule has 0 spiro atoms. The van der Waals surface area contributed by atoms with Gasteiger partial charge in [-0.1, -0.05) is 31.2 Å². The summed E-state index contributed by atoms with van der Waals surface area (Å²) < 4.78 is 40.1. The van der Waals surface area contributed by atoms with Crippen LogP contribution in [0.5, 0.6) is 0 Å². The molecule has 0 aromatic heterocycles. The molecule has 0 saturated carbocycles. The van der Waals surface area contributed by atoms with E-state index in [-0.39, 0.29) is 5.56 Å². The van der Waals surface area contributed by atoms with Gasteiger partial charge in [-0.05, 0) is 34.9 Å². The number of allylic oxidation sites excluding steroid dienone is 1. The van der Waals surface area contributed by atoms with Crippen molar-refractivity contribution in [3.05, 3.63) is 76.5 Å². The molecule has 0 unspecified atom stereocenters. The lowest BCUT2D eigenvalue weighted by molar-refractivity contribution is 0.445. The average Bonchev–Trinajstić information content (AvgIpc) is 2.74. The number of hydrogen-bond acceptors (Lipinski definition) is 0. The SMILES string of the molecule is C[C]1C(c2ccc(F)c(F)c2F)=Cc2ccccc21. The van der Waals surface area contributed by atoms with Crippen LogP contribution in [-0.2, 0) is 0 Å². The predicted molar refractivity (Wildman–Crippen MR) is 68.6 cm³/mol. The summed E-state index contributed by atoms with van der Waals surface area (Å²) in [6, 6.07) is 9.82. The summed E-state index contributed by atoms with van der Waals surface area (Å²) in [5, 5.41) is 0. The van der Waals surface area contributed by atoms with Crippen LogP contribution in [0.15, 0.2) is 36.4 Å². The first-order valence-electron chi connectivity index (χ1n) is 5.88. The van der Waals surface area contributed by atoms with Crippen molar-refractivity contribution in [1.29, 1.82) is 0 Å². The number of rotatable bonds is 1. The van der Waals surface area contributed by atoms with Crippen molar-refractivity contribution >= 4 is 11.6 Å². The third kappa shape index (κ3) is 1.77. The maximum absolute atomic E-state index is 13.8. The van der Waals surface area contributed by atoms with Crippen LogP contribution in [0.1, 0.15) is 23.6 Å². The Morgan fingerprint density at radius 1 is 0.789 bits per heavy atom. The molecule has 1 aliphatic rings. The molecule has 1 radical (unpaired) electrons. The van der Waals surface area contributed by atoms with Crippen molar-refractivity contribution in [2.45, 2.75) is 6.92 Å². The number of benzene rings is 2. The first-order chi connectivity index (χ1) is 9.09. The van der Waals surface area contributed by atoms with Crippen molar-refractivity contribution in [3.8, 4) is 0 Å². The molecule has 2 aromatic rings. The summed E-state index contributed by atoms with van der Waals surface area (Å²) in [7, 11) is 0. The molecule has 0 nitrogen and oxygen atoms in total. The Morgan fingerprint density at radius 2 is 1.53 bits per heavy atom. The summed E-state index contributed by atoms with van der Waals surface area (Å²) in [6.45, 7) is 1.85. The summed E-state index contributed by atoms with van der Waals surface area (Å²) >= 11 is 0. The molecular formula is C16H10F3. The highest BCUT2D eigenvalue weighted by Gasteiger charge is 2.26. The van der Waals surface area contributed by atoms with Gasteiger partial charge in [0.25, 0.3) is 0 Å². The normalized spacial score (nSPS) is 14.4. The fourth-order valence-corrected chi connectivity index (χ4v) is 2.39. The lowest BCUT2D eigenvalue weighted by Gasteiger charge is -2.12. The van der Waals surface area contributed by atoms with Crippen LogP contribution in [0.2, 0.25) is 0 Å². The molecule has 1 aliphatic carbocycles. The van der Waals surface area contributed by atoms with Crippen LogP contribution in [0.4, 0.5) is 13.2 Å². The highest BCUT2D eigenvalue weighted by Crippen LogP contribution is 2.41. The second-order valence-electron chi connectivity index (χ2n) is 4.49. The van der Waals surface area contributed by atoms with Gasteiger partial charge in [-0.25, -0.2) is 13.2 Å². The van der Waals surface area contributed by atoms with Gasteiger partial charge in [0.1, 0.15) is 0 Å². The Balaban J connectivity index is 2.14. The molecule has 0 atom stereocenters. The topological polar surface area (TPSA) is 0 Å². The molecule has 95 valence electrons. The molecule has 19 heavy (non-hydrogen) atoms. The highest BCUT2D eigenvalue weighted by molar-refractivity contribution is 5.98. The van der Waals surface area contributed by atoms with Crippen molar-refractivity contribution in [2.75, 3.05) is 0 Å². The molecule has 0 fully saturated rings. The maximum atomic E-state index is 13.8. The first-order valence-corrected chi connectivity index (χ1v) is 5.88. The molecule has 2 aromatic carbocycles. The van der Waals surface area contributed by atoms with Gasteiger partial charge in [0.2, 0.25) is 0 Å². The first kappa shape index (κ1) is 12.0. The van der Waals surface area contributed by atoms with Gasteiger partial charge in [-0.15, -0.1) is 0 Å². The zero-order valence-electron chi connectivity index (χ0n) is 10.2. The molecule has 0 amide bonds. The lowest BCUT2D eigenvalue weighted by Crippen LogP contribution is -2.00. The largest absolute Gasteiger partial charge is 0.204 e. The Labute approximate surface area is 109 Å². The van der Waals surface area contributed by atoms with Crippen molar-refractivity contribution in [3.63, 3.8) is 0 Å². The van der Waals surface area contributed by atoms with Crippen LogP contribution in [-0.4, -0.2) is 0 Å².